The van der Waals surface area contributed by atoms with Crippen molar-refractivity contribution in [3.05, 3.63) is 202 Å². The van der Waals surface area contributed by atoms with Crippen molar-refractivity contribution in [2.75, 3.05) is 14.2 Å². The van der Waals surface area contributed by atoms with Crippen LogP contribution in [0.15, 0.2) is 158 Å². The zero-order valence-corrected chi connectivity index (χ0v) is 30.8. The average molecular weight is 745 g/mol. The van der Waals surface area contributed by atoms with Crippen LogP contribution in [0.1, 0.15) is 87.9 Å². The lowest BCUT2D eigenvalue weighted by atomic mass is 9.91. The third-order valence-electron chi connectivity index (χ3n) is 9.78. The largest absolute Gasteiger partial charge is 0.497 e. The summed E-state index contributed by atoms with van der Waals surface area (Å²) in [5.41, 5.74) is 3.52. The molecule has 56 heavy (non-hydrogen) atoms. The Bertz CT molecular complexity index is 2020. The Morgan fingerprint density at radius 2 is 0.554 bits per heavy atom. The lowest BCUT2D eigenvalue weighted by molar-refractivity contribution is 0.0873. The number of amides is 4. The maximum atomic E-state index is 14.4. The fraction of sp³-hybridized carbons (Fsp3) is 0.130. The lowest BCUT2D eigenvalue weighted by Gasteiger charge is -2.31. The van der Waals surface area contributed by atoms with E-state index in [1.54, 1.807) is 24.3 Å². The van der Waals surface area contributed by atoms with Gasteiger partial charge in [-0.3, -0.25) is 19.2 Å². The Balaban J connectivity index is 1.42. The van der Waals surface area contributed by atoms with Gasteiger partial charge in [-0.2, -0.15) is 0 Å². The number of nitrogens with one attached hydrogen (secondary N) is 4. The summed E-state index contributed by atoms with van der Waals surface area (Å²) >= 11 is 0. The zero-order valence-electron chi connectivity index (χ0n) is 30.8. The molecule has 0 fully saturated rings. The first kappa shape index (κ1) is 37.1. The molecule has 4 amide bonds. The molecule has 2 unspecified atom stereocenters. The molecule has 6 aromatic rings. The van der Waals surface area contributed by atoms with Gasteiger partial charge in [-0.1, -0.05) is 121 Å². The minimum absolute atomic E-state index is 0.163. The van der Waals surface area contributed by atoms with Crippen molar-refractivity contribution >= 4 is 23.6 Å². The molecule has 0 saturated carbocycles. The Morgan fingerprint density at radius 1 is 0.339 bits per heavy atom. The molecule has 7 rings (SSSR count). The molecule has 0 spiro atoms. The second-order valence-electron chi connectivity index (χ2n) is 13.3. The number of carbonyl (C=O) groups excluding carboxylic acids is 4. The van der Waals surface area contributed by atoms with Crippen LogP contribution in [-0.2, 0) is 0 Å². The highest BCUT2D eigenvalue weighted by Gasteiger charge is 2.32. The van der Waals surface area contributed by atoms with Gasteiger partial charge in [0.1, 0.15) is 11.5 Å². The van der Waals surface area contributed by atoms with E-state index in [-0.39, 0.29) is 33.8 Å². The van der Waals surface area contributed by atoms with Gasteiger partial charge >= 0.3 is 0 Å². The number of rotatable bonds is 6. The average Bonchev–Trinajstić information content (AvgIpc) is 3.26. The molecule has 0 aliphatic carbocycles. The molecule has 10 nitrogen and oxygen atoms in total. The quantitative estimate of drug-likeness (QED) is 0.141. The Hall–Kier alpha value is -7.20. The zero-order chi connectivity index (χ0) is 39.0. The molecule has 1 aliphatic heterocycles. The van der Waals surface area contributed by atoms with Crippen molar-refractivity contribution in [3.8, 4) is 11.5 Å². The van der Waals surface area contributed by atoms with Crippen LogP contribution in [0.4, 0.5) is 0 Å². The van der Waals surface area contributed by atoms with Crippen molar-refractivity contribution in [2.45, 2.75) is 24.2 Å². The Morgan fingerprint density at radius 3 is 0.750 bits per heavy atom. The van der Waals surface area contributed by atoms with E-state index < -0.39 is 47.8 Å². The van der Waals surface area contributed by atoms with Crippen LogP contribution in [0.2, 0.25) is 0 Å². The summed E-state index contributed by atoms with van der Waals surface area (Å²) in [6, 6.07) is 43.3. The number of hydrogen-bond acceptors (Lipinski definition) is 6. The number of fused-ring (bicyclic) bond motifs is 4. The standard InChI is InChI=1S/C46H40N4O6/c1-55-37-25-33-23-34(26-37)44(52)48-40(30-17-9-4-10-18-30)42(32-21-13-6-14-22-32)50-46(54)36-24-35(27-38(28-36)56-2)45(53)49-41(31-19-11-5-12-20-31)39(47-43(33)51)29-15-7-3-8-16-29/h3-28,39-42H,1-2H3,(H,47,51)(H,48,52)(H,49,53)(H,50,54)/t39-,40?,41?,42-/m1/s1. The van der Waals surface area contributed by atoms with E-state index in [1.807, 2.05) is 121 Å². The van der Waals surface area contributed by atoms with Gasteiger partial charge in [-0.25, -0.2) is 0 Å². The second kappa shape index (κ2) is 16.9. The van der Waals surface area contributed by atoms with Crippen LogP contribution >= 0.6 is 0 Å². The van der Waals surface area contributed by atoms with Gasteiger partial charge < -0.3 is 30.7 Å². The molecule has 0 radical (unpaired) electrons. The van der Waals surface area contributed by atoms with Crippen LogP contribution in [0.5, 0.6) is 11.5 Å². The van der Waals surface area contributed by atoms with E-state index in [4.69, 9.17) is 9.47 Å². The topological polar surface area (TPSA) is 135 Å². The van der Waals surface area contributed by atoms with Gasteiger partial charge in [-0.15, -0.1) is 0 Å². The molecule has 0 saturated heterocycles. The lowest BCUT2D eigenvalue weighted by Crippen LogP contribution is -2.42. The molecule has 4 bridgehead atoms. The van der Waals surface area contributed by atoms with Gasteiger partial charge in [0.15, 0.2) is 0 Å². The smallest absolute Gasteiger partial charge is 0.252 e. The summed E-state index contributed by atoms with van der Waals surface area (Å²) in [5, 5.41) is 12.6. The van der Waals surface area contributed by atoms with Crippen molar-refractivity contribution < 1.29 is 28.7 Å². The maximum Gasteiger partial charge on any atom is 0.252 e. The molecule has 1 heterocycles. The molecular formula is C46H40N4O6. The minimum Gasteiger partial charge on any atom is -0.497 e. The number of ether oxygens (including phenoxy) is 2. The van der Waals surface area contributed by atoms with Crippen molar-refractivity contribution in [1.82, 2.24) is 21.3 Å². The predicted octanol–water partition coefficient (Wildman–Crippen LogP) is 7.30. The van der Waals surface area contributed by atoms with E-state index in [1.165, 1.54) is 26.4 Å². The van der Waals surface area contributed by atoms with Crippen molar-refractivity contribution in [3.63, 3.8) is 0 Å². The molecule has 280 valence electrons. The van der Waals surface area contributed by atoms with Gasteiger partial charge in [0.25, 0.3) is 23.6 Å². The summed E-state index contributed by atoms with van der Waals surface area (Å²) in [6.07, 6.45) is 0. The Kier molecular flexibility index (Phi) is 11.2. The SMILES string of the molecule is COc1cc2cc(c1)C(=O)N[C@H](c1ccccc1)C(c1ccccc1)NC(=O)c1cc(OC)cc(c1)C(=O)N[C@H](c1ccccc1)C(c1ccccc1)NC2=O. The first-order chi connectivity index (χ1) is 27.3. The minimum atomic E-state index is -0.792. The molecular weight excluding hydrogens is 705 g/mol. The highest BCUT2D eigenvalue weighted by atomic mass is 16.5. The first-order valence-electron chi connectivity index (χ1n) is 18.1. The summed E-state index contributed by atoms with van der Waals surface area (Å²) < 4.78 is 11.2. The highest BCUT2D eigenvalue weighted by molar-refractivity contribution is 6.02. The third kappa shape index (κ3) is 8.29. The van der Waals surface area contributed by atoms with E-state index >= 15 is 0 Å². The van der Waals surface area contributed by atoms with Gasteiger partial charge in [0.2, 0.25) is 0 Å². The van der Waals surface area contributed by atoms with Crippen LogP contribution in [0.25, 0.3) is 0 Å². The van der Waals surface area contributed by atoms with Crippen LogP contribution in [0.3, 0.4) is 0 Å². The van der Waals surface area contributed by atoms with Crippen molar-refractivity contribution in [2.24, 2.45) is 0 Å². The molecule has 4 atom stereocenters. The van der Waals surface area contributed by atoms with E-state index in [0.717, 1.165) is 0 Å². The molecule has 10 heteroatoms. The molecule has 4 N–H and O–H groups in total. The Labute approximate surface area is 324 Å². The normalized spacial score (nSPS) is 18.9. The summed E-state index contributed by atoms with van der Waals surface area (Å²) in [6.45, 7) is 0. The van der Waals surface area contributed by atoms with Crippen LogP contribution < -0.4 is 30.7 Å². The van der Waals surface area contributed by atoms with E-state index in [9.17, 15) is 19.2 Å². The summed E-state index contributed by atoms with van der Waals surface area (Å²) in [5.74, 6) is -1.42. The number of carbonyl (C=O) groups is 4. The van der Waals surface area contributed by atoms with Gasteiger partial charge in [0.05, 0.1) is 38.4 Å². The van der Waals surface area contributed by atoms with Gasteiger partial charge in [-0.05, 0) is 58.7 Å². The molecule has 6 aromatic carbocycles. The summed E-state index contributed by atoms with van der Waals surface area (Å²) in [4.78, 5) is 57.6. The third-order valence-corrected chi connectivity index (χ3v) is 9.78. The number of methoxy groups -OCH3 is 2. The monoisotopic (exact) mass is 744 g/mol. The first-order valence-corrected chi connectivity index (χ1v) is 18.1. The highest BCUT2D eigenvalue weighted by Crippen LogP contribution is 2.33. The van der Waals surface area contributed by atoms with Gasteiger partial charge in [0, 0.05) is 22.3 Å². The van der Waals surface area contributed by atoms with Crippen LogP contribution in [-0.4, -0.2) is 37.8 Å². The molecule has 1 aliphatic rings. The van der Waals surface area contributed by atoms with Crippen LogP contribution in [0, 0.1) is 0 Å². The number of benzene rings is 6. The molecule has 0 aromatic heterocycles. The fourth-order valence-corrected chi connectivity index (χ4v) is 6.93. The van der Waals surface area contributed by atoms with E-state index in [0.29, 0.717) is 22.3 Å². The fourth-order valence-electron chi connectivity index (χ4n) is 6.93. The second-order valence-corrected chi connectivity index (χ2v) is 13.3. The summed E-state index contributed by atoms with van der Waals surface area (Å²) in [7, 11) is 2.92. The maximum absolute atomic E-state index is 14.4. The predicted molar refractivity (Wildman–Crippen MR) is 213 cm³/mol. The number of hydrogen-bond donors (Lipinski definition) is 4. The van der Waals surface area contributed by atoms with E-state index in [2.05, 4.69) is 21.3 Å². The van der Waals surface area contributed by atoms with Crippen molar-refractivity contribution in [1.29, 1.82) is 0 Å².